The molecule has 8 heteroatoms. The predicted octanol–water partition coefficient (Wildman–Crippen LogP) is 3.95. The SMILES string of the molecule is Cc1ccc(-n2nccn2)c(C(=O)N[C@@H]2CCC[C@H]2Nc2nc3ccccc3s2)c1. The highest BCUT2D eigenvalue weighted by molar-refractivity contribution is 7.22. The Balaban J connectivity index is 1.35. The van der Waals surface area contributed by atoms with Crippen molar-refractivity contribution in [1.82, 2.24) is 25.3 Å². The summed E-state index contributed by atoms with van der Waals surface area (Å²) in [7, 11) is 0. The van der Waals surface area contributed by atoms with Crippen molar-refractivity contribution in [3.8, 4) is 5.69 Å². The molecule has 1 amide bonds. The number of nitrogens with one attached hydrogen (secondary N) is 2. The lowest BCUT2D eigenvalue weighted by Gasteiger charge is -2.22. The van der Waals surface area contributed by atoms with E-state index in [2.05, 4.69) is 31.9 Å². The zero-order valence-corrected chi connectivity index (χ0v) is 17.4. The number of aromatic nitrogens is 4. The van der Waals surface area contributed by atoms with Gasteiger partial charge in [-0.15, -0.1) is 0 Å². The molecule has 1 aliphatic carbocycles. The predicted molar refractivity (Wildman–Crippen MR) is 118 cm³/mol. The molecule has 0 radical (unpaired) electrons. The fourth-order valence-electron chi connectivity index (χ4n) is 3.99. The summed E-state index contributed by atoms with van der Waals surface area (Å²) >= 11 is 1.65. The molecule has 0 saturated heterocycles. The molecule has 4 aromatic rings. The molecule has 5 rings (SSSR count). The molecule has 1 fully saturated rings. The summed E-state index contributed by atoms with van der Waals surface area (Å²) in [6.07, 6.45) is 6.22. The van der Waals surface area contributed by atoms with Gasteiger partial charge in [-0.25, -0.2) is 4.98 Å². The highest BCUT2D eigenvalue weighted by Crippen LogP contribution is 2.29. The molecule has 2 aromatic heterocycles. The summed E-state index contributed by atoms with van der Waals surface area (Å²) in [6.45, 7) is 1.98. The Hall–Kier alpha value is -3.26. The van der Waals surface area contributed by atoms with Crippen LogP contribution in [0.25, 0.3) is 15.9 Å². The van der Waals surface area contributed by atoms with Crippen molar-refractivity contribution in [3.63, 3.8) is 0 Å². The van der Waals surface area contributed by atoms with Gasteiger partial charge in [0.25, 0.3) is 5.91 Å². The molecule has 2 atom stereocenters. The molecule has 152 valence electrons. The molecule has 0 unspecified atom stereocenters. The van der Waals surface area contributed by atoms with Gasteiger partial charge in [-0.1, -0.05) is 35.1 Å². The van der Waals surface area contributed by atoms with Crippen LogP contribution in [0, 0.1) is 6.92 Å². The van der Waals surface area contributed by atoms with Gasteiger partial charge in [0.1, 0.15) is 0 Å². The maximum absolute atomic E-state index is 13.2. The van der Waals surface area contributed by atoms with Crippen molar-refractivity contribution in [1.29, 1.82) is 0 Å². The van der Waals surface area contributed by atoms with Gasteiger partial charge in [0.15, 0.2) is 5.13 Å². The Labute approximate surface area is 178 Å². The third-order valence-corrected chi connectivity index (χ3v) is 6.43. The van der Waals surface area contributed by atoms with E-state index < -0.39 is 0 Å². The summed E-state index contributed by atoms with van der Waals surface area (Å²) in [5.41, 5.74) is 3.28. The number of aryl methyl sites for hydroxylation is 1. The average molecular weight is 419 g/mol. The van der Waals surface area contributed by atoms with Crippen LogP contribution in [-0.4, -0.2) is 38.0 Å². The largest absolute Gasteiger partial charge is 0.357 e. The Morgan fingerprint density at radius 3 is 2.73 bits per heavy atom. The van der Waals surface area contributed by atoms with Crippen molar-refractivity contribution in [2.45, 2.75) is 38.3 Å². The number of hydrogen-bond acceptors (Lipinski definition) is 6. The Bertz CT molecular complexity index is 1150. The minimum absolute atomic E-state index is 0.0449. The maximum atomic E-state index is 13.2. The summed E-state index contributed by atoms with van der Waals surface area (Å²) in [5.74, 6) is -0.103. The summed E-state index contributed by atoms with van der Waals surface area (Å²) in [4.78, 5) is 19.4. The van der Waals surface area contributed by atoms with Gasteiger partial charge in [0.2, 0.25) is 0 Å². The number of para-hydroxylation sites is 1. The first kappa shape index (κ1) is 18.7. The number of carbonyl (C=O) groups is 1. The van der Waals surface area contributed by atoms with E-state index in [0.29, 0.717) is 11.3 Å². The number of hydrogen-bond donors (Lipinski definition) is 2. The molecule has 2 heterocycles. The van der Waals surface area contributed by atoms with Gasteiger partial charge in [0.05, 0.1) is 33.9 Å². The number of benzene rings is 2. The third-order valence-electron chi connectivity index (χ3n) is 5.47. The van der Waals surface area contributed by atoms with Crippen molar-refractivity contribution in [2.75, 3.05) is 5.32 Å². The van der Waals surface area contributed by atoms with Crippen molar-refractivity contribution < 1.29 is 4.79 Å². The minimum Gasteiger partial charge on any atom is -0.357 e. The molecule has 0 bridgehead atoms. The van der Waals surface area contributed by atoms with E-state index in [0.717, 1.165) is 40.2 Å². The van der Waals surface area contributed by atoms with Crippen LogP contribution < -0.4 is 10.6 Å². The molecular formula is C22H22N6OS. The number of thiazole rings is 1. The van der Waals surface area contributed by atoms with E-state index in [1.165, 1.54) is 4.80 Å². The second kappa shape index (κ2) is 7.87. The summed E-state index contributed by atoms with van der Waals surface area (Å²) < 4.78 is 1.16. The topological polar surface area (TPSA) is 84.7 Å². The Morgan fingerprint density at radius 2 is 1.90 bits per heavy atom. The van der Waals surface area contributed by atoms with E-state index >= 15 is 0 Å². The highest BCUT2D eigenvalue weighted by Gasteiger charge is 2.30. The Morgan fingerprint density at radius 1 is 1.10 bits per heavy atom. The smallest absolute Gasteiger partial charge is 0.253 e. The number of nitrogens with zero attached hydrogens (tertiary/aromatic N) is 4. The number of carbonyl (C=O) groups excluding carboxylic acids is 1. The van der Waals surface area contributed by atoms with Gasteiger partial charge in [0, 0.05) is 12.1 Å². The minimum atomic E-state index is -0.103. The van der Waals surface area contributed by atoms with Crippen LogP contribution in [0.5, 0.6) is 0 Å². The first-order chi connectivity index (χ1) is 14.7. The quantitative estimate of drug-likeness (QED) is 0.513. The fraction of sp³-hybridized carbons (Fsp3) is 0.273. The highest BCUT2D eigenvalue weighted by atomic mass is 32.1. The molecule has 0 aliphatic heterocycles. The molecule has 7 nitrogen and oxygen atoms in total. The average Bonchev–Trinajstić information content (AvgIpc) is 3.49. The molecule has 30 heavy (non-hydrogen) atoms. The maximum Gasteiger partial charge on any atom is 0.253 e. The van der Waals surface area contributed by atoms with Crippen LogP contribution in [-0.2, 0) is 0 Å². The molecule has 1 saturated carbocycles. The normalized spacial score (nSPS) is 18.6. The molecule has 2 N–H and O–H groups in total. The third kappa shape index (κ3) is 3.66. The van der Waals surface area contributed by atoms with Crippen LogP contribution in [0.15, 0.2) is 54.9 Å². The van der Waals surface area contributed by atoms with Gasteiger partial charge in [-0.3, -0.25) is 4.79 Å². The number of anilines is 1. The Kier molecular flexibility index (Phi) is 4.92. The number of fused-ring (bicyclic) bond motifs is 1. The van der Waals surface area contributed by atoms with Gasteiger partial charge in [-0.2, -0.15) is 15.0 Å². The van der Waals surface area contributed by atoms with E-state index in [1.54, 1.807) is 23.7 Å². The standard InChI is InChI=1S/C22H22N6OS/c1-14-9-10-19(28-23-11-12-24-28)15(13-14)21(29)25-16-6-4-7-17(16)26-22-27-18-5-2-3-8-20(18)30-22/h2-3,5,8-13,16-17H,4,6-7H2,1H3,(H,25,29)(H,26,27)/t16-,17-/m1/s1. The second-order valence-corrected chi connectivity index (χ2v) is 8.62. The number of amides is 1. The molecule has 2 aromatic carbocycles. The van der Waals surface area contributed by atoms with Crippen LogP contribution in [0.1, 0.15) is 35.2 Å². The van der Waals surface area contributed by atoms with Crippen molar-refractivity contribution in [3.05, 3.63) is 66.0 Å². The van der Waals surface area contributed by atoms with Crippen LogP contribution in [0.4, 0.5) is 5.13 Å². The zero-order valence-electron chi connectivity index (χ0n) is 16.6. The summed E-state index contributed by atoms with van der Waals surface area (Å²) in [6, 6.07) is 14.1. The first-order valence-electron chi connectivity index (χ1n) is 10.1. The molecular weight excluding hydrogens is 396 g/mol. The fourth-order valence-corrected chi connectivity index (χ4v) is 4.92. The van der Waals surface area contributed by atoms with Crippen molar-refractivity contribution >= 4 is 32.6 Å². The lowest BCUT2D eigenvalue weighted by atomic mass is 10.1. The monoisotopic (exact) mass is 418 g/mol. The zero-order chi connectivity index (χ0) is 20.5. The van der Waals surface area contributed by atoms with Gasteiger partial charge in [-0.05, 0) is 50.5 Å². The van der Waals surface area contributed by atoms with Crippen LogP contribution in [0.3, 0.4) is 0 Å². The lowest BCUT2D eigenvalue weighted by Crippen LogP contribution is -2.43. The van der Waals surface area contributed by atoms with E-state index in [9.17, 15) is 4.79 Å². The molecule has 1 aliphatic rings. The van der Waals surface area contributed by atoms with Crippen molar-refractivity contribution in [2.24, 2.45) is 0 Å². The lowest BCUT2D eigenvalue weighted by molar-refractivity contribution is 0.0935. The second-order valence-electron chi connectivity index (χ2n) is 7.59. The van der Waals surface area contributed by atoms with Gasteiger partial charge < -0.3 is 10.6 Å². The van der Waals surface area contributed by atoms with E-state index in [4.69, 9.17) is 0 Å². The van der Waals surface area contributed by atoms with Crippen LogP contribution in [0.2, 0.25) is 0 Å². The first-order valence-corrected chi connectivity index (χ1v) is 10.9. The van der Waals surface area contributed by atoms with E-state index in [-0.39, 0.29) is 18.0 Å². The number of rotatable bonds is 5. The van der Waals surface area contributed by atoms with Crippen LogP contribution >= 0.6 is 11.3 Å². The summed E-state index contributed by atoms with van der Waals surface area (Å²) in [5, 5.41) is 16.1. The van der Waals surface area contributed by atoms with E-state index in [1.807, 2.05) is 43.3 Å². The van der Waals surface area contributed by atoms with Gasteiger partial charge >= 0.3 is 0 Å². The molecule has 0 spiro atoms.